The second kappa shape index (κ2) is 13.6. The molecule has 178 valence electrons. The van der Waals surface area contributed by atoms with Crippen molar-refractivity contribution in [1.29, 1.82) is 0 Å². The number of aromatic nitrogens is 1. The van der Waals surface area contributed by atoms with E-state index >= 15 is 0 Å². The number of nitrogens with one attached hydrogen (secondary N) is 1. The molecular weight excluding hydrogens is 430 g/mol. The Kier molecular flexibility index (Phi) is 10.5. The zero-order valence-corrected chi connectivity index (χ0v) is 18.4. The van der Waals surface area contributed by atoms with Crippen LogP contribution in [0.5, 0.6) is 5.75 Å². The summed E-state index contributed by atoms with van der Waals surface area (Å²) < 4.78 is 14.8. The normalized spacial score (nSPS) is 11.7. The highest BCUT2D eigenvalue weighted by atomic mass is 16.8. The van der Waals surface area contributed by atoms with Crippen molar-refractivity contribution in [3.05, 3.63) is 36.4 Å². The van der Waals surface area contributed by atoms with Crippen LogP contribution >= 0.6 is 0 Å². The average Bonchev–Trinajstić information content (AvgIpc) is 2.79. The van der Waals surface area contributed by atoms with Crippen LogP contribution in [-0.2, 0) is 14.3 Å². The van der Waals surface area contributed by atoms with Crippen LogP contribution in [0.25, 0.3) is 0 Å². The Balaban J connectivity index is 1.99. The predicted molar refractivity (Wildman–Crippen MR) is 122 cm³/mol. The van der Waals surface area contributed by atoms with Crippen LogP contribution in [0.2, 0.25) is 0 Å². The molecule has 0 saturated heterocycles. The first kappa shape index (κ1) is 25.5. The van der Waals surface area contributed by atoms with E-state index in [0.717, 1.165) is 12.8 Å². The molecule has 7 N–H and O–H groups in total. The Morgan fingerprint density at radius 2 is 1.85 bits per heavy atom. The monoisotopic (exact) mass is 459 g/mol. The first-order valence-corrected chi connectivity index (χ1v) is 10.4. The number of hydrogen-bond acceptors (Lipinski definition) is 11. The fourth-order valence-electron chi connectivity index (χ4n) is 2.55. The topological polar surface area (TPSA) is 190 Å². The maximum Gasteiger partial charge on any atom is 0.511 e. The van der Waals surface area contributed by atoms with Crippen molar-refractivity contribution in [1.82, 2.24) is 4.98 Å². The van der Waals surface area contributed by atoms with E-state index in [-0.39, 0.29) is 36.6 Å². The number of nitrogen functional groups attached to an aromatic ring is 1. The smallest absolute Gasteiger partial charge is 0.455 e. The number of rotatable bonds is 12. The molecule has 0 saturated carbocycles. The second-order valence-corrected chi connectivity index (χ2v) is 6.74. The van der Waals surface area contributed by atoms with Crippen molar-refractivity contribution in [2.75, 3.05) is 31.0 Å². The number of azo groups is 1. The molecular formula is C21H29N7O5. The number of carbonyl (C=O) groups is 2. The average molecular weight is 460 g/mol. The van der Waals surface area contributed by atoms with Crippen LogP contribution in [-0.4, -0.2) is 43.0 Å². The molecule has 2 aromatic rings. The van der Waals surface area contributed by atoms with Gasteiger partial charge >= 0.3 is 6.16 Å². The number of nitrogens with two attached hydrogens (primary N) is 3. The van der Waals surface area contributed by atoms with Gasteiger partial charge in [-0.15, -0.1) is 10.2 Å². The minimum atomic E-state index is -0.834. The molecule has 0 unspecified atom stereocenters. The van der Waals surface area contributed by atoms with Gasteiger partial charge < -0.3 is 36.7 Å². The summed E-state index contributed by atoms with van der Waals surface area (Å²) in [5.41, 5.74) is 17.9. The number of unbranched alkanes of at least 4 members (excludes halogenated alkanes) is 1. The summed E-state index contributed by atoms with van der Waals surface area (Å²) in [6.07, 6.45) is 1.26. The minimum Gasteiger partial charge on any atom is -0.455 e. The number of nitrogens with zero attached hydrogens (tertiary/aromatic N) is 3. The summed E-state index contributed by atoms with van der Waals surface area (Å²) in [7, 11) is 0. The van der Waals surface area contributed by atoms with Gasteiger partial charge in [-0.1, -0.05) is 18.6 Å². The minimum absolute atomic E-state index is 0.0669. The first-order valence-electron chi connectivity index (χ1n) is 10.4. The van der Waals surface area contributed by atoms with Gasteiger partial charge in [-0.2, -0.15) is 0 Å². The third kappa shape index (κ3) is 8.71. The fraction of sp³-hybridized carbons (Fsp3) is 0.381. The molecule has 0 aliphatic rings. The van der Waals surface area contributed by atoms with Crippen LogP contribution in [0.1, 0.15) is 26.2 Å². The highest BCUT2D eigenvalue weighted by Gasteiger charge is 2.14. The van der Waals surface area contributed by atoms with Gasteiger partial charge in [0.1, 0.15) is 17.2 Å². The molecule has 0 spiro atoms. The van der Waals surface area contributed by atoms with Crippen LogP contribution in [0, 0.1) is 0 Å². The van der Waals surface area contributed by atoms with E-state index in [4.69, 9.17) is 26.7 Å². The lowest BCUT2D eigenvalue weighted by Crippen LogP contribution is -2.35. The first-order chi connectivity index (χ1) is 15.9. The summed E-state index contributed by atoms with van der Waals surface area (Å²) in [6, 6.07) is 9.22. The summed E-state index contributed by atoms with van der Waals surface area (Å²) in [5.74, 6) is 0.303. The molecule has 0 aliphatic carbocycles. The van der Waals surface area contributed by atoms with Gasteiger partial charge in [0.2, 0.25) is 12.7 Å². The Labute approximate surface area is 191 Å². The van der Waals surface area contributed by atoms with Gasteiger partial charge in [0.05, 0.1) is 12.6 Å². The van der Waals surface area contributed by atoms with Gasteiger partial charge in [0.15, 0.2) is 11.6 Å². The number of para-hydroxylation sites is 1. The maximum atomic E-state index is 12.2. The molecule has 0 fully saturated rings. The van der Waals surface area contributed by atoms with Crippen molar-refractivity contribution in [2.45, 2.75) is 32.2 Å². The number of amides is 1. The quantitative estimate of drug-likeness (QED) is 0.160. The van der Waals surface area contributed by atoms with E-state index in [1.54, 1.807) is 43.3 Å². The van der Waals surface area contributed by atoms with Crippen LogP contribution in [0.4, 0.5) is 27.8 Å². The van der Waals surface area contributed by atoms with E-state index in [1.165, 1.54) is 0 Å². The molecule has 1 atom stereocenters. The molecule has 33 heavy (non-hydrogen) atoms. The number of hydrogen-bond donors (Lipinski definition) is 4. The molecule has 0 bridgehead atoms. The maximum absolute atomic E-state index is 12.2. The van der Waals surface area contributed by atoms with E-state index in [1.807, 2.05) is 0 Å². The highest BCUT2D eigenvalue weighted by Crippen LogP contribution is 2.30. The van der Waals surface area contributed by atoms with E-state index < -0.39 is 12.2 Å². The highest BCUT2D eigenvalue weighted by molar-refractivity contribution is 5.94. The van der Waals surface area contributed by atoms with E-state index in [9.17, 15) is 9.59 Å². The molecule has 1 heterocycles. The van der Waals surface area contributed by atoms with Crippen molar-refractivity contribution in [2.24, 2.45) is 21.7 Å². The number of anilines is 2. The lowest BCUT2D eigenvalue weighted by Gasteiger charge is -2.12. The lowest BCUT2D eigenvalue weighted by molar-refractivity contribution is -0.117. The Morgan fingerprint density at radius 3 is 2.58 bits per heavy atom. The molecule has 0 aliphatic heterocycles. The Morgan fingerprint density at radius 1 is 1.09 bits per heavy atom. The summed E-state index contributed by atoms with van der Waals surface area (Å²) >= 11 is 0. The van der Waals surface area contributed by atoms with Crippen LogP contribution in [0.15, 0.2) is 46.6 Å². The zero-order chi connectivity index (χ0) is 24.1. The third-order valence-electron chi connectivity index (χ3n) is 4.24. The van der Waals surface area contributed by atoms with Crippen molar-refractivity contribution in [3.8, 4) is 5.75 Å². The molecule has 1 amide bonds. The van der Waals surface area contributed by atoms with Crippen LogP contribution in [0.3, 0.4) is 0 Å². The summed E-state index contributed by atoms with van der Waals surface area (Å²) in [6.45, 7) is 2.07. The Bertz CT molecular complexity index is 954. The molecule has 0 radical (unpaired) electrons. The summed E-state index contributed by atoms with van der Waals surface area (Å²) in [4.78, 5) is 27.5. The predicted octanol–water partition coefficient (Wildman–Crippen LogP) is 2.98. The fourth-order valence-corrected chi connectivity index (χ4v) is 2.55. The van der Waals surface area contributed by atoms with E-state index in [2.05, 4.69) is 25.3 Å². The third-order valence-corrected chi connectivity index (χ3v) is 4.24. The number of benzene rings is 1. The number of ether oxygens (including phenoxy) is 3. The standard InChI is InChI=1S/C21H29N7O5/c1-2-31-21(30)33-13-32-17-9-4-3-8-15(17)27-28-16-10-11-18(25-19(16)24)26-20(29)14(23)7-5-6-12-22/h3-4,8-11,14H,2,5-7,12-13,22-23H2,1H3,(H3,24,25,26,29)/t14-/m0/s1. The van der Waals surface area contributed by atoms with Gasteiger partial charge in [0, 0.05) is 0 Å². The lowest BCUT2D eigenvalue weighted by atomic mass is 10.1. The van der Waals surface area contributed by atoms with Gasteiger partial charge in [0.25, 0.3) is 0 Å². The zero-order valence-electron chi connectivity index (χ0n) is 18.4. The number of carbonyl (C=O) groups excluding carboxylic acids is 2. The van der Waals surface area contributed by atoms with Crippen molar-refractivity contribution < 1.29 is 23.8 Å². The molecule has 2 rings (SSSR count). The van der Waals surface area contributed by atoms with Crippen molar-refractivity contribution >= 4 is 35.1 Å². The van der Waals surface area contributed by atoms with Gasteiger partial charge in [-0.3, -0.25) is 4.79 Å². The largest absolute Gasteiger partial charge is 0.511 e. The molecule has 1 aromatic carbocycles. The van der Waals surface area contributed by atoms with Gasteiger partial charge in [-0.25, -0.2) is 9.78 Å². The SMILES string of the molecule is CCOC(=O)OCOc1ccccc1N=Nc1ccc(NC(=O)[C@@H](N)CCCCN)nc1N. The summed E-state index contributed by atoms with van der Waals surface area (Å²) in [5, 5.41) is 10.8. The van der Waals surface area contributed by atoms with Crippen LogP contribution < -0.4 is 27.3 Å². The molecule has 1 aromatic heterocycles. The second-order valence-electron chi connectivity index (χ2n) is 6.74. The van der Waals surface area contributed by atoms with E-state index in [0.29, 0.717) is 24.4 Å². The molecule has 12 nitrogen and oxygen atoms in total. The number of pyridine rings is 1. The van der Waals surface area contributed by atoms with Crippen molar-refractivity contribution in [3.63, 3.8) is 0 Å². The Hall–Kier alpha value is -3.77. The van der Waals surface area contributed by atoms with Gasteiger partial charge in [-0.05, 0) is 50.6 Å². The molecule has 12 heteroatoms.